The smallest absolute Gasteiger partial charge is 0.475 e. The molecular formula is C30H29ClF3N5O4. The van der Waals surface area contributed by atoms with Crippen LogP contribution in [0.25, 0.3) is 10.9 Å². The van der Waals surface area contributed by atoms with Gasteiger partial charge in [-0.15, -0.1) is 0 Å². The van der Waals surface area contributed by atoms with E-state index in [1.165, 1.54) is 10.6 Å². The molecule has 0 unspecified atom stereocenters. The van der Waals surface area contributed by atoms with Crippen molar-refractivity contribution in [1.29, 1.82) is 0 Å². The zero-order valence-corrected chi connectivity index (χ0v) is 23.6. The predicted molar refractivity (Wildman–Crippen MR) is 157 cm³/mol. The number of carbonyl (C=O) groups excluding carboxylic acids is 2. The topological polar surface area (TPSA) is 119 Å². The first-order valence-electron chi connectivity index (χ1n) is 13.4. The van der Waals surface area contributed by atoms with E-state index in [0.29, 0.717) is 28.9 Å². The highest BCUT2D eigenvalue weighted by Gasteiger charge is 2.38. The zero-order chi connectivity index (χ0) is 31.0. The summed E-state index contributed by atoms with van der Waals surface area (Å²) in [5.41, 5.74) is 3.08. The summed E-state index contributed by atoms with van der Waals surface area (Å²) in [5, 5.41) is 11.6. The van der Waals surface area contributed by atoms with E-state index in [1.54, 1.807) is 12.1 Å². The Hall–Kier alpha value is -4.58. The Bertz CT molecular complexity index is 1540. The van der Waals surface area contributed by atoms with Gasteiger partial charge in [0, 0.05) is 59.3 Å². The van der Waals surface area contributed by atoms with Crippen molar-refractivity contribution in [3.63, 3.8) is 0 Å². The van der Waals surface area contributed by atoms with Gasteiger partial charge in [0.15, 0.2) is 0 Å². The second kappa shape index (κ2) is 14.1. The van der Waals surface area contributed by atoms with Crippen LogP contribution >= 0.6 is 11.6 Å². The summed E-state index contributed by atoms with van der Waals surface area (Å²) in [6.07, 6.45) is 0.544. The van der Waals surface area contributed by atoms with E-state index in [0.717, 1.165) is 36.8 Å². The number of aromatic amines is 1. The average Bonchev–Trinajstić information content (AvgIpc) is 3.43. The summed E-state index contributed by atoms with van der Waals surface area (Å²) < 4.78 is 31.7. The summed E-state index contributed by atoms with van der Waals surface area (Å²) in [6.45, 7) is 2.44. The molecule has 3 N–H and O–H groups in total. The van der Waals surface area contributed by atoms with Crippen molar-refractivity contribution in [3.05, 3.63) is 89.8 Å². The number of nitrogens with zero attached hydrogens (tertiary/aromatic N) is 3. The Morgan fingerprint density at radius 2 is 1.67 bits per heavy atom. The highest BCUT2D eigenvalue weighted by atomic mass is 35.5. The number of rotatable bonds is 7. The normalized spacial score (nSPS) is 13.6. The van der Waals surface area contributed by atoms with Crippen LogP contribution in [-0.4, -0.2) is 65.2 Å². The number of piperidine rings is 1. The molecule has 2 aromatic carbocycles. The van der Waals surface area contributed by atoms with Gasteiger partial charge in [0.05, 0.1) is 0 Å². The predicted octanol–water partition coefficient (Wildman–Crippen LogP) is 5.53. The number of anilines is 2. The second-order valence-corrected chi connectivity index (χ2v) is 10.3. The standard InChI is InChI=1S/C28H28ClN5O2.C2HF3O2/c29-22-6-7-25-21(16-22)17-26(32-25)28(36)34(24-4-2-1-3-5-24)19-27(35)31-18-20-10-14-33(15-11-20)23-8-12-30-13-9-23;3-2(4,5)1(6)7/h1-9,12-13,16-17,20,32H,10-11,14-15,18-19H2,(H,31,35);(H,6,7). The summed E-state index contributed by atoms with van der Waals surface area (Å²) in [4.78, 5) is 46.4. The van der Waals surface area contributed by atoms with Gasteiger partial charge in [-0.2, -0.15) is 13.2 Å². The number of carboxylic acid groups (broad SMARTS) is 1. The largest absolute Gasteiger partial charge is 0.490 e. The zero-order valence-electron chi connectivity index (χ0n) is 22.9. The number of halogens is 4. The molecule has 3 heterocycles. The second-order valence-electron chi connectivity index (χ2n) is 9.88. The molecule has 226 valence electrons. The van der Waals surface area contributed by atoms with Crippen molar-refractivity contribution >= 4 is 51.7 Å². The number of carboxylic acids is 1. The molecule has 1 aliphatic heterocycles. The van der Waals surface area contributed by atoms with Crippen molar-refractivity contribution in [2.24, 2.45) is 5.92 Å². The van der Waals surface area contributed by atoms with Crippen molar-refractivity contribution in [3.8, 4) is 0 Å². The van der Waals surface area contributed by atoms with Gasteiger partial charge < -0.3 is 20.3 Å². The van der Waals surface area contributed by atoms with Crippen LogP contribution < -0.4 is 15.1 Å². The fourth-order valence-corrected chi connectivity index (χ4v) is 4.84. The molecule has 0 aliphatic carbocycles. The lowest BCUT2D eigenvalue weighted by Crippen LogP contribution is -2.44. The first kappa shape index (κ1) is 31.4. The monoisotopic (exact) mass is 615 g/mol. The molecule has 1 fully saturated rings. The number of pyridine rings is 1. The number of para-hydroxylation sites is 1. The number of hydrogen-bond acceptors (Lipinski definition) is 5. The third-order valence-electron chi connectivity index (χ3n) is 6.90. The van der Waals surface area contributed by atoms with Gasteiger partial charge in [0.25, 0.3) is 5.91 Å². The van der Waals surface area contributed by atoms with Gasteiger partial charge in [-0.1, -0.05) is 29.8 Å². The van der Waals surface area contributed by atoms with Gasteiger partial charge >= 0.3 is 12.1 Å². The molecular weight excluding hydrogens is 587 g/mol. The van der Waals surface area contributed by atoms with E-state index in [9.17, 15) is 22.8 Å². The number of H-pyrrole nitrogens is 1. The number of aromatic nitrogens is 2. The van der Waals surface area contributed by atoms with E-state index < -0.39 is 12.1 Å². The lowest BCUT2D eigenvalue weighted by molar-refractivity contribution is -0.192. The number of aliphatic carboxylic acids is 1. The maximum Gasteiger partial charge on any atom is 0.490 e. The van der Waals surface area contributed by atoms with Crippen LogP contribution in [-0.2, 0) is 9.59 Å². The number of amides is 2. The minimum absolute atomic E-state index is 0.0607. The third kappa shape index (κ3) is 8.71. The molecule has 0 saturated carbocycles. The van der Waals surface area contributed by atoms with Crippen LogP contribution in [0.5, 0.6) is 0 Å². The number of hydrogen-bond donors (Lipinski definition) is 3. The number of carbonyl (C=O) groups is 3. The molecule has 9 nitrogen and oxygen atoms in total. The van der Waals surface area contributed by atoms with Crippen molar-refractivity contribution < 1.29 is 32.7 Å². The number of benzene rings is 2. The Balaban J connectivity index is 0.000000541. The van der Waals surface area contributed by atoms with Gasteiger partial charge in [-0.05, 0) is 67.3 Å². The van der Waals surface area contributed by atoms with Crippen LogP contribution in [0.4, 0.5) is 24.5 Å². The molecule has 13 heteroatoms. The number of nitrogens with one attached hydrogen (secondary N) is 2. The molecule has 43 heavy (non-hydrogen) atoms. The average molecular weight is 616 g/mol. The maximum absolute atomic E-state index is 13.5. The van der Waals surface area contributed by atoms with Crippen molar-refractivity contribution in [1.82, 2.24) is 15.3 Å². The summed E-state index contributed by atoms with van der Waals surface area (Å²) in [7, 11) is 0. The summed E-state index contributed by atoms with van der Waals surface area (Å²) >= 11 is 6.11. The fourth-order valence-electron chi connectivity index (χ4n) is 4.66. The fraction of sp³-hybridized carbons (Fsp3) is 0.267. The molecule has 2 amide bonds. The highest BCUT2D eigenvalue weighted by Crippen LogP contribution is 2.24. The maximum atomic E-state index is 13.5. The summed E-state index contributed by atoms with van der Waals surface area (Å²) in [6, 6.07) is 20.5. The van der Waals surface area contributed by atoms with E-state index in [2.05, 4.69) is 20.2 Å². The molecule has 0 atom stereocenters. The molecule has 1 saturated heterocycles. The lowest BCUT2D eigenvalue weighted by atomic mass is 9.96. The van der Waals surface area contributed by atoms with E-state index in [4.69, 9.17) is 21.5 Å². The first-order chi connectivity index (χ1) is 20.5. The SMILES string of the molecule is O=C(CN(C(=O)c1cc2cc(Cl)ccc2[nH]1)c1ccccc1)NCC1CCN(c2ccncc2)CC1.O=C(O)C(F)(F)F. The molecule has 4 aromatic rings. The minimum Gasteiger partial charge on any atom is -0.475 e. The van der Waals surface area contributed by atoms with E-state index in [1.807, 2.05) is 67.0 Å². The number of alkyl halides is 3. The Labute approximate surface area is 250 Å². The first-order valence-corrected chi connectivity index (χ1v) is 13.8. The van der Waals surface area contributed by atoms with Crippen LogP contribution in [0.2, 0.25) is 5.02 Å². The highest BCUT2D eigenvalue weighted by molar-refractivity contribution is 6.31. The van der Waals surface area contributed by atoms with E-state index in [-0.39, 0.29) is 18.4 Å². The summed E-state index contributed by atoms with van der Waals surface area (Å²) in [5.74, 6) is -2.80. The number of fused-ring (bicyclic) bond motifs is 1. The lowest BCUT2D eigenvalue weighted by Gasteiger charge is -2.33. The molecule has 0 spiro atoms. The van der Waals surface area contributed by atoms with Crippen LogP contribution in [0.3, 0.4) is 0 Å². The van der Waals surface area contributed by atoms with Gasteiger partial charge in [0.2, 0.25) is 5.91 Å². The van der Waals surface area contributed by atoms with Gasteiger partial charge in [-0.3, -0.25) is 19.5 Å². The van der Waals surface area contributed by atoms with Crippen molar-refractivity contribution in [2.75, 3.05) is 36.0 Å². The van der Waals surface area contributed by atoms with Gasteiger partial charge in [-0.25, -0.2) is 4.79 Å². The van der Waals surface area contributed by atoms with E-state index >= 15 is 0 Å². The van der Waals surface area contributed by atoms with Crippen LogP contribution in [0, 0.1) is 5.92 Å². The van der Waals surface area contributed by atoms with Crippen molar-refractivity contribution in [2.45, 2.75) is 19.0 Å². The van der Waals surface area contributed by atoms with Crippen LogP contribution in [0.1, 0.15) is 23.3 Å². The quantitative estimate of drug-likeness (QED) is 0.252. The molecule has 1 aliphatic rings. The Kier molecular flexibility index (Phi) is 10.3. The minimum atomic E-state index is -5.08. The Morgan fingerprint density at radius 3 is 2.30 bits per heavy atom. The molecule has 5 rings (SSSR count). The molecule has 0 bridgehead atoms. The van der Waals surface area contributed by atoms with Gasteiger partial charge in [0.1, 0.15) is 12.2 Å². The Morgan fingerprint density at radius 1 is 1.02 bits per heavy atom. The molecule has 0 radical (unpaired) electrons. The molecule has 2 aromatic heterocycles. The van der Waals surface area contributed by atoms with Crippen LogP contribution in [0.15, 0.2) is 79.1 Å². The third-order valence-corrected chi connectivity index (χ3v) is 7.14.